The molecule has 11 heavy (non-hydrogen) atoms. The molecule has 0 N–H and O–H groups in total. The third-order valence-electron chi connectivity index (χ3n) is 2.47. The van der Waals surface area contributed by atoms with Gasteiger partial charge in [0.05, 0.1) is 0 Å². The van der Waals surface area contributed by atoms with Crippen LogP contribution in [0.2, 0.25) is 0 Å². The molecule has 0 aliphatic heterocycles. The van der Waals surface area contributed by atoms with Gasteiger partial charge in [-0.2, -0.15) is 6.54 Å². The van der Waals surface area contributed by atoms with E-state index in [2.05, 4.69) is 33.0 Å². The first-order valence-electron chi connectivity index (χ1n) is 4.43. The van der Waals surface area contributed by atoms with Crippen LogP contribution in [0.4, 0.5) is 0 Å². The van der Waals surface area contributed by atoms with Gasteiger partial charge in [-0.05, 0) is 0 Å². The molecule has 1 radical (unpaired) electrons. The first-order valence-corrected chi connectivity index (χ1v) is 4.43. The SMILES string of the molecule is CC[N-]C(CC)(CC)CC.[V]. The first-order chi connectivity index (χ1) is 4.74. The quantitative estimate of drug-likeness (QED) is 0.635. The van der Waals surface area contributed by atoms with Crippen LogP contribution in [0.1, 0.15) is 47.0 Å². The molecular weight excluding hydrogens is 173 g/mol. The summed E-state index contributed by atoms with van der Waals surface area (Å²) < 4.78 is 0. The standard InChI is InChI=1S/C9H20N.V/c1-5-9(6-2,7-3)10-8-4;/h5-8H2,1-4H3;/q-1;. The smallest absolute Gasteiger partial charge is 0 e. The molecule has 0 unspecified atom stereocenters. The molecule has 0 atom stereocenters. The fourth-order valence-electron chi connectivity index (χ4n) is 1.42. The van der Waals surface area contributed by atoms with Gasteiger partial charge >= 0.3 is 0 Å². The average molecular weight is 193 g/mol. The molecule has 2 heteroatoms. The van der Waals surface area contributed by atoms with Gasteiger partial charge in [0.2, 0.25) is 0 Å². The molecule has 0 fully saturated rings. The molecule has 67 valence electrons. The Morgan fingerprint density at radius 3 is 1.36 bits per heavy atom. The third-order valence-corrected chi connectivity index (χ3v) is 2.47. The summed E-state index contributed by atoms with van der Waals surface area (Å²) in [6.45, 7) is 9.77. The molecule has 0 aliphatic carbocycles. The van der Waals surface area contributed by atoms with Crippen LogP contribution in [-0.2, 0) is 18.6 Å². The largest absolute Gasteiger partial charge is 0.657 e. The molecular formula is C9H20NV-. The summed E-state index contributed by atoms with van der Waals surface area (Å²) in [5, 5.41) is 4.61. The van der Waals surface area contributed by atoms with Crippen molar-refractivity contribution in [3.8, 4) is 0 Å². The second-order valence-electron chi connectivity index (χ2n) is 2.76. The zero-order valence-electron chi connectivity index (χ0n) is 8.22. The minimum Gasteiger partial charge on any atom is -0.657 e. The van der Waals surface area contributed by atoms with Crippen LogP contribution in [0.3, 0.4) is 0 Å². The summed E-state index contributed by atoms with van der Waals surface area (Å²) in [7, 11) is 0. The Balaban J connectivity index is 0. The maximum Gasteiger partial charge on any atom is 0 e. The van der Waals surface area contributed by atoms with Crippen molar-refractivity contribution in [2.24, 2.45) is 0 Å². The Hall–Kier alpha value is 0.544. The fraction of sp³-hybridized carbons (Fsp3) is 1.00. The Bertz CT molecular complexity index is 71.4. The van der Waals surface area contributed by atoms with E-state index in [0.29, 0.717) is 5.54 Å². The van der Waals surface area contributed by atoms with Crippen molar-refractivity contribution >= 4 is 0 Å². The molecule has 0 bridgehead atoms. The maximum absolute atomic E-state index is 4.61. The van der Waals surface area contributed by atoms with E-state index >= 15 is 0 Å². The van der Waals surface area contributed by atoms with Crippen molar-refractivity contribution in [1.82, 2.24) is 0 Å². The molecule has 0 aromatic heterocycles. The first kappa shape index (κ1) is 14.1. The van der Waals surface area contributed by atoms with E-state index in [4.69, 9.17) is 0 Å². The van der Waals surface area contributed by atoms with E-state index in [1.165, 1.54) is 19.3 Å². The van der Waals surface area contributed by atoms with Crippen LogP contribution in [0.15, 0.2) is 0 Å². The number of nitrogens with zero attached hydrogens (tertiary/aromatic N) is 1. The molecule has 0 aromatic rings. The predicted octanol–water partition coefficient (Wildman–Crippen LogP) is 3.35. The van der Waals surface area contributed by atoms with Crippen LogP contribution in [-0.4, -0.2) is 12.1 Å². The van der Waals surface area contributed by atoms with E-state index < -0.39 is 0 Å². The number of hydrogen-bond acceptors (Lipinski definition) is 0. The second-order valence-corrected chi connectivity index (χ2v) is 2.76. The van der Waals surface area contributed by atoms with E-state index in [-0.39, 0.29) is 18.6 Å². The third kappa shape index (κ3) is 4.20. The van der Waals surface area contributed by atoms with Crippen molar-refractivity contribution in [1.29, 1.82) is 0 Å². The fourth-order valence-corrected chi connectivity index (χ4v) is 1.42. The van der Waals surface area contributed by atoms with Crippen molar-refractivity contribution in [2.75, 3.05) is 6.54 Å². The summed E-state index contributed by atoms with van der Waals surface area (Å²) >= 11 is 0. The van der Waals surface area contributed by atoms with Crippen molar-refractivity contribution in [3.05, 3.63) is 5.32 Å². The van der Waals surface area contributed by atoms with Gasteiger partial charge in [0.25, 0.3) is 0 Å². The minimum absolute atomic E-state index is 0. The number of hydrogen-bond donors (Lipinski definition) is 0. The monoisotopic (exact) mass is 193 g/mol. The van der Waals surface area contributed by atoms with E-state index in [1.807, 2.05) is 0 Å². The summed E-state index contributed by atoms with van der Waals surface area (Å²) in [6.07, 6.45) is 3.57. The van der Waals surface area contributed by atoms with Gasteiger partial charge in [-0.15, -0.1) is 5.54 Å². The van der Waals surface area contributed by atoms with Gasteiger partial charge in [-0.25, -0.2) is 0 Å². The van der Waals surface area contributed by atoms with Crippen molar-refractivity contribution in [2.45, 2.75) is 52.5 Å². The summed E-state index contributed by atoms with van der Waals surface area (Å²) in [5.74, 6) is 0. The Labute approximate surface area is 83.2 Å². The van der Waals surface area contributed by atoms with E-state index in [0.717, 1.165) is 6.54 Å². The van der Waals surface area contributed by atoms with Gasteiger partial charge < -0.3 is 5.32 Å². The maximum atomic E-state index is 4.61. The van der Waals surface area contributed by atoms with Gasteiger partial charge in [-0.3, -0.25) is 0 Å². The summed E-state index contributed by atoms with van der Waals surface area (Å²) in [4.78, 5) is 0. The second kappa shape index (κ2) is 7.21. The normalized spacial score (nSPS) is 10.9. The van der Waals surface area contributed by atoms with E-state index in [1.54, 1.807) is 0 Å². The van der Waals surface area contributed by atoms with Crippen LogP contribution in [0.25, 0.3) is 5.32 Å². The number of rotatable bonds is 5. The molecule has 0 heterocycles. The molecule has 0 rings (SSSR count). The molecule has 0 saturated heterocycles. The van der Waals surface area contributed by atoms with Gasteiger partial charge in [0, 0.05) is 18.6 Å². The molecule has 0 aliphatic rings. The van der Waals surface area contributed by atoms with Crippen molar-refractivity contribution < 1.29 is 18.6 Å². The van der Waals surface area contributed by atoms with Crippen LogP contribution >= 0.6 is 0 Å². The zero-order chi connectivity index (χ0) is 8.04. The van der Waals surface area contributed by atoms with Crippen LogP contribution in [0, 0.1) is 0 Å². The molecule has 0 aromatic carbocycles. The Kier molecular flexibility index (Phi) is 9.23. The van der Waals surface area contributed by atoms with Gasteiger partial charge in [0.15, 0.2) is 0 Å². The Morgan fingerprint density at radius 1 is 0.909 bits per heavy atom. The minimum atomic E-state index is 0. The topological polar surface area (TPSA) is 14.1 Å². The Morgan fingerprint density at radius 2 is 1.27 bits per heavy atom. The zero-order valence-corrected chi connectivity index (χ0v) is 9.62. The summed E-state index contributed by atoms with van der Waals surface area (Å²) in [5.41, 5.74) is 0.300. The molecule has 0 spiro atoms. The van der Waals surface area contributed by atoms with Crippen LogP contribution < -0.4 is 0 Å². The van der Waals surface area contributed by atoms with Crippen molar-refractivity contribution in [3.63, 3.8) is 0 Å². The van der Waals surface area contributed by atoms with E-state index in [9.17, 15) is 0 Å². The van der Waals surface area contributed by atoms with Gasteiger partial charge in [0.1, 0.15) is 0 Å². The van der Waals surface area contributed by atoms with Crippen LogP contribution in [0.5, 0.6) is 0 Å². The predicted molar refractivity (Wildman–Crippen MR) is 47.5 cm³/mol. The molecule has 0 saturated carbocycles. The average Bonchev–Trinajstić information content (AvgIpc) is 2.01. The molecule has 0 amide bonds. The summed E-state index contributed by atoms with van der Waals surface area (Å²) in [6, 6.07) is 0. The van der Waals surface area contributed by atoms with Gasteiger partial charge in [-0.1, -0.05) is 47.0 Å². The molecule has 1 nitrogen and oxygen atoms in total.